The zero-order chi connectivity index (χ0) is 21.0. The SMILES string of the molecule is O=C(CN1CCN(Cc2c(F)cccc2Cl)CC1)Nc1ccccc1C(F)(F)F. The average Bonchev–Trinajstić information content (AvgIpc) is 2.66. The van der Waals surface area contributed by atoms with Crippen molar-refractivity contribution in [3.63, 3.8) is 0 Å². The number of rotatable bonds is 5. The standard InChI is InChI=1S/C20H20ClF4N3O/c21-16-5-3-6-17(22)14(16)12-27-8-10-28(11-9-27)13-19(29)26-18-7-2-1-4-15(18)20(23,24)25/h1-7H,8-13H2,(H,26,29). The van der Waals surface area contributed by atoms with Gasteiger partial charge in [0.05, 0.1) is 17.8 Å². The van der Waals surface area contributed by atoms with Crippen LogP contribution in [0, 0.1) is 5.82 Å². The second kappa shape index (κ2) is 9.11. The Morgan fingerprint density at radius 3 is 2.31 bits per heavy atom. The highest BCUT2D eigenvalue weighted by Crippen LogP contribution is 2.34. The van der Waals surface area contributed by atoms with E-state index in [2.05, 4.69) is 5.32 Å². The number of carbonyl (C=O) groups excluding carboxylic acids is 1. The molecule has 2 aromatic rings. The molecule has 1 amide bonds. The molecule has 29 heavy (non-hydrogen) atoms. The predicted molar refractivity (Wildman–Crippen MR) is 103 cm³/mol. The highest BCUT2D eigenvalue weighted by molar-refractivity contribution is 6.31. The summed E-state index contributed by atoms with van der Waals surface area (Å²) in [4.78, 5) is 16.1. The van der Waals surface area contributed by atoms with Crippen LogP contribution in [0.15, 0.2) is 42.5 Å². The van der Waals surface area contributed by atoms with E-state index in [0.717, 1.165) is 6.07 Å². The van der Waals surface area contributed by atoms with Gasteiger partial charge in [0, 0.05) is 43.3 Å². The Bertz CT molecular complexity index is 847. The third kappa shape index (κ3) is 5.68. The van der Waals surface area contributed by atoms with Gasteiger partial charge in [0.1, 0.15) is 5.82 Å². The summed E-state index contributed by atoms with van der Waals surface area (Å²) < 4.78 is 53.0. The molecule has 1 aliphatic heterocycles. The van der Waals surface area contributed by atoms with Crippen LogP contribution in [0.5, 0.6) is 0 Å². The maximum absolute atomic E-state index is 13.9. The summed E-state index contributed by atoms with van der Waals surface area (Å²) in [5.74, 6) is -0.866. The van der Waals surface area contributed by atoms with Gasteiger partial charge in [-0.2, -0.15) is 13.2 Å². The number of halogens is 5. The van der Waals surface area contributed by atoms with Gasteiger partial charge in [-0.05, 0) is 24.3 Å². The van der Waals surface area contributed by atoms with Crippen molar-refractivity contribution in [3.05, 3.63) is 64.4 Å². The molecule has 156 valence electrons. The number of piperazine rings is 1. The lowest BCUT2D eigenvalue weighted by molar-refractivity contribution is -0.137. The molecule has 3 rings (SSSR count). The number of hydrogen-bond donors (Lipinski definition) is 1. The van der Waals surface area contributed by atoms with Crippen LogP contribution in [-0.4, -0.2) is 48.4 Å². The van der Waals surface area contributed by atoms with Crippen LogP contribution < -0.4 is 5.32 Å². The molecule has 1 heterocycles. The van der Waals surface area contributed by atoms with Crippen LogP contribution in [0.3, 0.4) is 0 Å². The number of amides is 1. The lowest BCUT2D eigenvalue weighted by atomic mass is 10.1. The van der Waals surface area contributed by atoms with Crippen LogP contribution >= 0.6 is 11.6 Å². The van der Waals surface area contributed by atoms with Gasteiger partial charge in [-0.3, -0.25) is 14.6 Å². The van der Waals surface area contributed by atoms with E-state index in [-0.39, 0.29) is 18.0 Å². The van der Waals surface area contributed by atoms with Crippen molar-refractivity contribution >= 4 is 23.2 Å². The molecule has 0 aliphatic carbocycles. The number of nitrogens with one attached hydrogen (secondary N) is 1. The number of hydrogen-bond acceptors (Lipinski definition) is 3. The number of alkyl halides is 3. The fourth-order valence-corrected chi connectivity index (χ4v) is 3.47. The second-order valence-corrected chi connectivity index (χ2v) is 7.25. The molecule has 9 heteroatoms. The first-order valence-corrected chi connectivity index (χ1v) is 9.45. The zero-order valence-electron chi connectivity index (χ0n) is 15.5. The van der Waals surface area contributed by atoms with E-state index >= 15 is 0 Å². The highest BCUT2D eigenvalue weighted by Gasteiger charge is 2.33. The third-order valence-corrected chi connectivity index (χ3v) is 5.14. The van der Waals surface area contributed by atoms with Gasteiger partial charge in [0.15, 0.2) is 0 Å². The highest BCUT2D eigenvalue weighted by atomic mass is 35.5. The quantitative estimate of drug-likeness (QED) is 0.722. The molecule has 1 saturated heterocycles. The van der Waals surface area contributed by atoms with Gasteiger partial charge in [0.2, 0.25) is 5.91 Å². The first-order chi connectivity index (χ1) is 13.7. The van der Waals surface area contributed by atoms with Gasteiger partial charge in [0.25, 0.3) is 0 Å². The minimum Gasteiger partial charge on any atom is -0.324 e. The van der Waals surface area contributed by atoms with Crippen molar-refractivity contribution in [2.24, 2.45) is 0 Å². The molecule has 0 unspecified atom stereocenters. The third-order valence-electron chi connectivity index (χ3n) is 4.78. The van der Waals surface area contributed by atoms with E-state index in [1.807, 2.05) is 9.80 Å². The molecule has 0 spiro atoms. The van der Waals surface area contributed by atoms with E-state index in [1.165, 1.54) is 24.3 Å². The predicted octanol–water partition coefficient (Wildman–Crippen LogP) is 4.25. The van der Waals surface area contributed by atoms with E-state index in [4.69, 9.17) is 11.6 Å². The lowest BCUT2D eigenvalue weighted by Gasteiger charge is -2.34. The maximum Gasteiger partial charge on any atom is 0.418 e. The number of nitrogens with zero attached hydrogens (tertiary/aromatic N) is 2. The van der Waals surface area contributed by atoms with Gasteiger partial charge >= 0.3 is 6.18 Å². The normalized spacial score (nSPS) is 16.0. The van der Waals surface area contributed by atoms with Crippen LogP contribution in [0.1, 0.15) is 11.1 Å². The molecule has 2 aromatic carbocycles. The molecular formula is C20H20ClF4N3O. The molecular weight excluding hydrogens is 410 g/mol. The fourth-order valence-electron chi connectivity index (χ4n) is 3.24. The maximum atomic E-state index is 13.9. The van der Waals surface area contributed by atoms with Gasteiger partial charge < -0.3 is 5.32 Å². The summed E-state index contributed by atoms with van der Waals surface area (Å²) in [6, 6.07) is 9.44. The monoisotopic (exact) mass is 429 g/mol. The molecule has 0 atom stereocenters. The first kappa shape index (κ1) is 21.5. The van der Waals surface area contributed by atoms with E-state index in [1.54, 1.807) is 12.1 Å². The first-order valence-electron chi connectivity index (χ1n) is 9.07. The van der Waals surface area contributed by atoms with Gasteiger partial charge in [-0.1, -0.05) is 29.8 Å². The zero-order valence-corrected chi connectivity index (χ0v) is 16.2. The van der Waals surface area contributed by atoms with Crippen molar-refractivity contribution in [1.82, 2.24) is 9.80 Å². The summed E-state index contributed by atoms with van der Waals surface area (Å²) in [6.45, 7) is 2.62. The van der Waals surface area contributed by atoms with Crippen molar-refractivity contribution in [1.29, 1.82) is 0 Å². The van der Waals surface area contributed by atoms with E-state index in [9.17, 15) is 22.4 Å². The van der Waals surface area contributed by atoms with Gasteiger partial charge in [-0.25, -0.2) is 4.39 Å². The molecule has 4 nitrogen and oxygen atoms in total. The molecule has 1 N–H and O–H groups in total. The Hall–Kier alpha value is -2.16. The number of benzene rings is 2. The fraction of sp³-hybridized carbons (Fsp3) is 0.350. The lowest BCUT2D eigenvalue weighted by Crippen LogP contribution is -2.48. The Labute approximate surface area is 171 Å². The molecule has 0 radical (unpaired) electrons. The summed E-state index contributed by atoms with van der Waals surface area (Å²) in [5, 5.41) is 2.72. The minimum absolute atomic E-state index is 0.0134. The summed E-state index contributed by atoms with van der Waals surface area (Å²) in [5.41, 5.74) is -0.693. The van der Waals surface area contributed by atoms with Crippen molar-refractivity contribution in [3.8, 4) is 0 Å². The number of para-hydroxylation sites is 1. The Morgan fingerprint density at radius 2 is 1.66 bits per heavy atom. The average molecular weight is 430 g/mol. The molecule has 0 bridgehead atoms. The summed E-state index contributed by atoms with van der Waals surface area (Å²) in [6.07, 6.45) is -4.54. The topological polar surface area (TPSA) is 35.6 Å². The number of anilines is 1. The number of carbonyl (C=O) groups is 1. The van der Waals surface area contributed by atoms with E-state index in [0.29, 0.717) is 43.3 Å². The smallest absolute Gasteiger partial charge is 0.324 e. The van der Waals surface area contributed by atoms with E-state index < -0.39 is 17.6 Å². The Morgan fingerprint density at radius 1 is 1.00 bits per heavy atom. The Balaban J connectivity index is 1.52. The molecule has 0 saturated carbocycles. The van der Waals surface area contributed by atoms with Gasteiger partial charge in [-0.15, -0.1) is 0 Å². The van der Waals surface area contributed by atoms with Crippen LogP contribution in [0.4, 0.5) is 23.2 Å². The molecule has 0 aromatic heterocycles. The van der Waals surface area contributed by atoms with Crippen LogP contribution in [-0.2, 0) is 17.5 Å². The minimum atomic E-state index is -4.54. The largest absolute Gasteiger partial charge is 0.418 e. The Kier molecular flexibility index (Phi) is 6.77. The molecule has 1 fully saturated rings. The van der Waals surface area contributed by atoms with Crippen molar-refractivity contribution in [2.45, 2.75) is 12.7 Å². The van der Waals surface area contributed by atoms with Crippen molar-refractivity contribution in [2.75, 3.05) is 38.0 Å². The van der Waals surface area contributed by atoms with Crippen LogP contribution in [0.25, 0.3) is 0 Å². The summed E-state index contributed by atoms with van der Waals surface area (Å²) >= 11 is 6.06. The van der Waals surface area contributed by atoms with Crippen molar-refractivity contribution < 1.29 is 22.4 Å². The molecule has 1 aliphatic rings. The van der Waals surface area contributed by atoms with Crippen LogP contribution in [0.2, 0.25) is 5.02 Å². The second-order valence-electron chi connectivity index (χ2n) is 6.84. The summed E-state index contributed by atoms with van der Waals surface area (Å²) in [7, 11) is 0.